The van der Waals surface area contributed by atoms with Crippen LogP contribution in [-0.2, 0) is 17.8 Å². The Morgan fingerprint density at radius 2 is 1.96 bits per heavy atom. The van der Waals surface area contributed by atoms with Gasteiger partial charge in [-0.25, -0.2) is 0 Å². The highest BCUT2D eigenvalue weighted by Gasteiger charge is 2.08. The van der Waals surface area contributed by atoms with E-state index in [-0.39, 0.29) is 5.91 Å². The fourth-order valence-corrected chi connectivity index (χ4v) is 2.33. The number of rotatable bonds is 8. The molecular weight excluding hydrogens is 292 g/mol. The summed E-state index contributed by atoms with van der Waals surface area (Å²) in [5.41, 5.74) is 1.17. The maximum Gasteiger partial charge on any atom is 0.234 e. The molecule has 0 bridgehead atoms. The molecule has 124 valence electrons. The maximum absolute atomic E-state index is 11.9. The molecule has 1 aromatic heterocycles. The van der Waals surface area contributed by atoms with Gasteiger partial charge in [-0.15, -0.1) is 0 Å². The molecule has 0 aliphatic rings. The summed E-state index contributed by atoms with van der Waals surface area (Å²) in [5, 5.41) is 2.94. The first-order valence-corrected chi connectivity index (χ1v) is 7.70. The molecule has 0 saturated heterocycles. The molecule has 0 unspecified atom stereocenters. The Hall–Kier alpha value is -2.27. The van der Waals surface area contributed by atoms with Crippen LogP contribution >= 0.6 is 0 Å². The minimum atomic E-state index is 0.0179. The summed E-state index contributed by atoms with van der Waals surface area (Å²) in [6.07, 6.45) is 0.802. The molecule has 0 spiro atoms. The number of hydrogen-bond donors (Lipinski definition) is 1. The average Bonchev–Trinajstić information content (AvgIpc) is 2.92. The van der Waals surface area contributed by atoms with E-state index in [1.54, 1.807) is 7.11 Å². The summed E-state index contributed by atoms with van der Waals surface area (Å²) in [6.45, 7) is 3.51. The molecule has 1 heterocycles. The largest absolute Gasteiger partial charge is 0.497 e. The number of aryl methyl sites for hydroxylation is 1. The van der Waals surface area contributed by atoms with Crippen LogP contribution in [0.1, 0.15) is 17.1 Å². The molecule has 2 rings (SSSR count). The van der Waals surface area contributed by atoms with E-state index < -0.39 is 0 Å². The van der Waals surface area contributed by atoms with Crippen molar-refractivity contribution in [2.75, 3.05) is 27.2 Å². The topological polar surface area (TPSA) is 54.7 Å². The number of likely N-dealkylation sites (N-methyl/N-ethyl adjacent to an activating group) is 1. The SMILES string of the molecule is COc1ccc(CCNC(=O)CN(C)Cc2ccc(C)o2)cc1. The molecule has 5 nitrogen and oxygen atoms in total. The fourth-order valence-electron chi connectivity index (χ4n) is 2.33. The van der Waals surface area contributed by atoms with E-state index in [2.05, 4.69) is 5.32 Å². The second kappa shape index (κ2) is 8.39. The average molecular weight is 316 g/mol. The summed E-state index contributed by atoms with van der Waals surface area (Å²) in [4.78, 5) is 13.9. The van der Waals surface area contributed by atoms with Crippen molar-refractivity contribution in [1.29, 1.82) is 0 Å². The standard InChI is InChI=1S/C18H24N2O3/c1-14-4-7-17(23-14)12-20(2)13-18(21)19-11-10-15-5-8-16(22-3)9-6-15/h4-9H,10-13H2,1-3H3,(H,19,21). The number of carbonyl (C=O) groups excluding carboxylic acids is 1. The van der Waals surface area contributed by atoms with Crippen LogP contribution in [0.15, 0.2) is 40.8 Å². The number of nitrogens with one attached hydrogen (secondary N) is 1. The molecule has 1 N–H and O–H groups in total. The fraction of sp³-hybridized carbons (Fsp3) is 0.389. The van der Waals surface area contributed by atoms with Crippen LogP contribution in [0.2, 0.25) is 0 Å². The maximum atomic E-state index is 11.9. The van der Waals surface area contributed by atoms with Gasteiger partial charge in [0.05, 0.1) is 20.2 Å². The van der Waals surface area contributed by atoms with Gasteiger partial charge < -0.3 is 14.5 Å². The molecule has 0 saturated carbocycles. The number of ether oxygens (including phenoxy) is 1. The molecule has 1 aromatic carbocycles. The Morgan fingerprint density at radius 3 is 2.57 bits per heavy atom. The zero-order chi connectivity index (χ0) is 16.7. The molecule has 0 aliphatic heterocycles. The molecule has 1 amide bonds. The predicted molar refractivity (Wildman–Crippen MR) is 89.5 cm³/mol. The third-order valence-corrected chi connectivity index (χ3v) is 3.53. The molecule has 0 aliphatic carbocycles. The van der Waals surface area contributed by atoms with E-state index in [1.165, 1.54) is 5.56 Å². The Balaban J connectivity index is 1.67. The Kier molecular flexibility index (Phi) is 6.23. The Labute approximate surface area is 137 Å². The van der Waals surface area contributed by atoms with E-state index in [1.807, 2.05) is 55.3 Å². The van der Waals surface area contributed by atoms with Gasteiger partial charge in [0.15, 0.2) is 0 Å². The minimum absolute atomic E-state index is 0.0179. The van der Waals surface area contributed by atoms with Gasteiger partial charge in [0.1, 0.15) is 17.3 Å². The zero-order valence-corrected chi connectivity index (χ0v) is 14.0. The van der Waals surface area contributed by atoms with Gasteiger partial charge >= 0.3 is 0 Å². The highest BCUT2D eigenvalue weighted by molar-refractivity contribution is 5.77. The van der Waals surface area contributed by atoms with E-state index in [4.69, 9.17) is 9.15 Å². The van der Waals surface area contributed by atoms with Crippen LogP contribution < -0.4 is 10.1 Å². The molecule has 23 heavy (non-hydrogen) atoms. The Morgan fingerprint density at radius 1 is 1.22 bits per heavy atom. The normalized spacial score (nSPS) is 10.8. The van der Waals surface area contributed by atoms with Gasteiger partial charge in [-0.1, -0.05) is 12.1 Å². The van der Waals surface area contributed by atoms with Crippen LogP contribution in [0.3, 0.4) is 0 Å². The van der Waals surface area contributed by atoms with Crippen molar-refractivity contribution in [3.05, 3.63) is 53.5 Å². The van der Waals surface area contributed by atoms with Crippen LogP contribution in [0.25, 0.3) is 0 Å². The molecular formula is C18H24N2O3. The van der Waals surface area contributed by atoms with Gasteiger partial charge in [-0.3, -0.25) is 9.69 Å². The first-order valence-electron chi connectivity index (χ1n) is 7.70. The molecule has 5 heteroatoms. The second-order valence-electron chi connectivity index (χ2n) is 5.63. The first kappa shape index (κ1) is 17.1. The monoisotopic (exact) mass is 316 g/mol. The number of carbonyl (C=O) groups is 1. The van der Waals surface area contributed by atoms with Crippen molar-refractivity contribution >= 4 is 5.91 Å². The third kappa shape index (κ3) is 5.79. The Bertz CT molecular complexity index is 619. The van der Waals surface area contributed by atoms with Crippen molar-refractivity contribution in [2.24, 2.45) is 0 Å². The van der Waals surface area contributed by atoms with Crippen molar-refractivity contribution in [1.82, 2.24) is 10.2 Å². The van der Waals surface area contributed by atoms with E-state index >= 15 is 0 Å². The summed E-state index contributed by atoms with van der Waals surface area (Å²) >= 11 is 0. The first-order chi connectivity index (χ1) is 11.1. The quantitative estimate of drug-likeness (QED) is 0.812. The van der Waals surface area contributed by atoms with Crippen LogP contribution in [0.5, 0.6) is 5.75 Å². The van der Waals surface area contributed by atoms with Gasteiger partial charge in [-0.05, 0) is 50.2 Å². The number of methoxy groups -OCH3 is 1. The number of nitrogens with zero attached hydrogens (tertiary/aromatic N) is 1. The third-order valence-electron chi connectivity index (χ3n) is 3.53. The number of hydrogen-bond acceptors (Lipinski definition) is 4. The van der Waals surface area contributed by atoms with Crippen molar-refractivity contribution in [3.8, 4) is 5.75 Å². The summed E-state index contributed by atoms with van der Waals surface area (Å²) in [5.74, 6) is 2.62. The summed E-state index contributed by atoms with van der Waals surface area (Å²) in [6, 6.07) is 11.7. The highest BCUT2D eigenvalue weighted by Crippen LogP contribution is 2.11. The van der Waals surface area contributed by atoms with E-state index in [0.29, 0.717) is 19.6 Å². The lowest BCUT2D eigenvalue weighted by Crippen LogP contribution is -2.35. The molecule has 0 atom stereocenters. The van der Waals surface area contributed by atoms with E-state index in [0.717, 1.165) is 23.7 Å². The number of benzene rings is 1. The van der Waals surface area contributed by atoms with Crippen molar-refractivity contribution in [2.45, 2.75) is 19.9 Å². The lowest BCUT2D eigenvalue weighted by atomic mass is 10.1. The van der Waals surface area contributed by atoms with Crippen molar-refractivity contribution < 1.29 is 13.9 Å². The summed E-state index contributed by atoms with van der Waals surface area (Å²) < 4.78 is 10.6. The van der Waals surface area contributed by atoms with Gasteiger partial charge in [0.2, 0.25) is 5.91 Å². The lowest BCUT2D eigenvalue weighted by molar-refractivity contribution is -0.122. The highest BCUT2D eigenvalue weighted by atomic mass is 16.5. The zero-order valence-electron chi connectivity index (χ0n) is 14.0. The van der Waals surface area contributed by atoms with Gasteiger partial charge in [0.25, 0.3) is 0 Å². The molecule has 0 radical (unpaired) electrons. The summed E-state index contributed by atoms with van der Waals surface area (Å²) in [7, 11) is 3.55. The van der Waals surface area contributed by atoms with Crippen LogP contribution in [0, 0.1) is 6.92 Å². The van der Waals surface area contributed by atoms with Gasteiger partial charge in [-0.2, -0.15) is 0 Å². The number of furan rings is 1. The lowest BCUT2D eigenvalue weighted by Gasteiger charge is -2.14. The van der Waals surface area contributed by atoms with Crippen molar-refractivity contribution in [3.63, 3.8) is 0 Å². The molecule has 0 fully saturated rings. The number of amides is 1. The van der Waals surface area contributed by atoms with Crippen LogP contribution in [0.4, 0.5) is 0 Å². The smallest absolute Gasteiger partial charge is 0.234 e. The van der Waals surface area contributed by atoms with E-state index in [9.17, 15) is 4.79 Å². The van der Waals surface area contributed by atoms with Crippen LogP contribution in [-0.4, -0.2) is 38.1 Å². The predicted octanol–water partition coefficient (Wildman–Crippen LogP) is 2.39. The molecule has 2 aromatic rings. The van der Waals surface area contributed by atoms with Gasteiger partial charge in [0, 0.05) is 6.54 Å². The second-order valence-corrected chi connectivity index (χ2v) is 5.63. The minimum Gasteiger partial charge on any atom is -0.497 e.